The van der Waals surface area contributed by atoms with Crippen molar-refractivity contribution in [2.24, 2.45) is 0 Å². The van der Waals surface area contributed by atoms with E-state index < -0.39 is 0 Å². The van der Waals surface area contributed by atoms with Crippen molar-refractivity contribution in [3.05, 3.63) is 70.3 Å². The summed E-state index contributed by atoms with van der Waals surface area (Å²) in [6, 6.07) is 12.3. The first-order valence-electron chi connectivity index (χ1n) is 7.07. The molecule has 0 aliphatic heterocycles. The van der Waals surface area contributed by atoms with E-state index in [2.05, 4.69) is 10.6 Å². The Bertz CT molecular complexity index is 752. The Morgan fingerprint density at radius 2 is 1.78 bits per heavy atom. The van der Waals surface area contributed by atoms with Gasteiger partial charge in [-0.15, -0.1) is 0 Å². The minimum absolute atomic E-state index is 0.168. The van der Waals surface area contributed by atoms with E-state index in [4.69, 9.17) is 11.6 Å². The van der Waals surface area contributed by atoms with Crippen LogP contribution in [-0.2, 0) is 4.79 Å². The highest BCUT2D eigenvalue weighted by Crippen LogP contribution is 2.17. The van der Waals surface area contributed by atoms with Crippen molar-refractivity contribution < 1.29 is 9.59 Å². The summed E-state index contributed by atoms with van der Waals surface area (Å²) in [4.78, 5) is 23.3. The molecule has 5 heteroatoms. The number of hydrogen-bond donors (Lipinski definition) is 2. The van der Waals surface area contributed by atoms with Gasteiger partial charge in [-0.3, -0.25) is 9.59 Å². The van der Waals surface area contributed by atoms with Crippen molar-refractivity contribution in [1.82, 2.24) is 5.32 Å². The topological polar surface area (TPSA) is 58.2 Å². The van der Waals surface area contributed by atoms with Gasteiger partial charge in [-0.05, 0) is 54.5 Å². The number of benzene rings is 2. The number of rotatable bonds is 4. The van der Waals surface area contributed by atoms with Gasteiger partial charge in [-0.2, -0.15) is 0 Å². The molecular formula is C18H17ClN2O2. The highest BCUT2D eigenvalue weighted by atomic mass is 35.5. The van der Waals surface area contributed by atoms with E-state index in [0.717, 1.165) is 11.1 Å². The maximum absolute atomic E-state index is 11.9. The van der Waals surface area contributed by atoms with Crippen molar-refractivity contribution in [3.8, 4) is 0 Å². The van der Waals surface area contributed by atoms with E-state index in [1.54, 1.807) is 43.5 Å². The lowest BCUT2D eigenvalue weighted by Gasteiger charge is -2.04. The lowest BCUT2D eigenvalue weighted by atomic mass is 10.1. The predicted octanol–water partition coefficient (Wildman–Crippen LogP) is 3.66. The minimum Gasteiger partial charge on any atom is -0.355 e. The van der Waals surface area contributed by atoms with Gasteiger partial charge in [0.2, 0.25) is 5.91 Å². The summed E-state index contributed by atoms with van der Waals surface area (Å²) in [5.41, 5.74) is 3.00. The molecule has 0 spiro atoms. The average molecular weight is 329 g/mol. The van der Waals surface area contributed by atoms with Gasteiger partial charge in [0.1, 0.15) is 0 Å². The highest BCUT2D eigenvalue weighted by Gasteiger charge is 2.03. The highest BCUT2D eigenvalue weighted by molar-refractivity contribution is 6.31. The van der Waals surface area contributed by atoms with Crippen LogP contribution in [-0.4, -0.2) is 18.9 Å². The minimum atomic E-state index is -0.255. The molecule has 2 aromatic rings. The first-order chi connectivity index (χ1) is 11.0. The van der Waals surface area contributed by atoms with E-state index in [-0.39, 0.29) is 11.8 Å². The summed E-state index contributed by atoms with van der Waals surface area (Å²) in [6.45, 7) is 1.92. The van der Waals surface area contributed by atoms with Gasteiger partial charge in [-0.25, -0.2) is 0 Å². The van der Waals surface area contributed by atoms with E-state index in [9.17, 15) is 9.59 Å². The third kappa shape index (κ3) is 4.69. The molecule has 0 saturated carbocycles. The third-order valence-electron chi connectivity index (χ3n) is 3.26. The summed E-state index contributed by atoms with van der Waals surface area (Å²) < 4.78 is 0. The van der Waals surface area contributed by atoms with E-state index >= 15 is 0 Å². The molecular weight excluding hydrogens is 312 g/mol. The lowest BCUT2D eigenvalue weighted by molar-refractivity contribution is -0.111. The first kappa shape index (κ1) is 16.8. The molecule has 118 valence electrons. The second-order valence-electron chi connectivity index (χ2n) is 4.99. The van der Waals surface area contributed by atoms with Gasteiger partial charge in [-0.1, -0.05) is 23.7 Å². The van der Waals surface area contributed by atoms with Crippen molar-refractivity contribution in [3.63, 3.8) is 0 Å². The number of carbonyl (C=O) groups excluding carboxylic acids is 2. The molecule has 2 N–H and O–H groups in total. The van der Waals surface area contributed by atoms with Crippen LogP contribution >= 0.6 is 11.6 Å². The number of carbonyl (C=O) groups is 2. The molecule has 0 atom stereocenters. The van der Waals surface area contributed by atoms with Crippen LogP contribution in [0.5, 0.6) is 0 Å². The number of aryl methyl sites for hydroxylation is 1. The Kier molecular flexibility index (Phi) is 5.55. The standard InChI is InChI=1S/C18H17ClN2O2/c1-12-3-4-13(11-16(12)19)5-10-17(22)21-15-8-6-14(7-9-15)18(23)20-2/h3-11H,1-2H3,(H,20,23)(H,21,22)/b10-5+. The van der Waals surface area contributed by atoms with E-state index in [1.807, 2.05) is 19.1 Å². The summed E-state index contributed by atoms with van der Waals surface area (Å²) in [5, 5.41) is 5.94. The number of hydrogen-bond acceptors (Lipinski definition) is 2. The van der Waals surface area contributed by atoms with Gasteiger partial charge in [0.05, 0.1) is 0 Å². The molecule has 0 heterocycles. The second kappa shape index (κ2) is 7.61. The van der Waals surface area contributed by atoms with Gasteiger partial charge < -0.3 is 10.6 Å². The fourth-order valence-corrected chi connectivity index (χ4v) is 2.11. The molecule has 0 saturated heterocycles. The fraction of sp³-hybridized carbons (Fsp3) is 0.111. The van der Waals surface area contributed by atoms with E-state index in [0.29, 0.717) is 16.3 Å². The van der Waals surface area contributed by atoms with Crippen LogP contribution in [0.25, 0.3) is 6.08 Å². The SMILES string of the molecule is CNC(=O)c1ccc(NC(=O)/C=C/c2ccc(C)c(Cl)c2)cc1. The Morgan fingerprint density at radius 1 is 1.09 bits per heavy atom. The zero-order valence-corrected chi connectivity index (χ0v) is 13.6. The van der Waals surface area contributed by atoms with Gasteiger partial charge in [0.15, 0.2) is 0 Å². The Labute approximate surface area is 140 Å². The summed E-state index contributed by atoms with van der Waals surface area (Å²) in [6.07, 6.45) is 3.13. The normalized spacial score (nSPS) is 10.6. The maximum Gasteiger partial charge on any atom is 0.251 e. The van der Waals surface area contributed by atoms with Crippen LogP contribution in [0, 0.1) is 6.92 Å². The quantitative estimate of drug-likeness (QED) is 0.841. The Morgan fingerprint density at radius 3 is 2.39 bits per heavy atom. The average Bonchev–Trinajstić information content (AvgIpc) is 2.56. The van der Waals surface area contributed by atoms with Crippen molar-refractivity contribution in [1.29, 1.82) is 0 Å². The summed E-state index contributed by atoms with van der Waals surface area (Å²) in [5.74, 6) is -0.423. The number of halogens is 1. The molecule has 2 rings (SSSR count). The molecule has 0 radical (unpaired) electrons. The Hall–Kier alpha value is -2.59. The molecule has 0 aliphatic rings. The zero-order chi connectivity index (χ0) is 16.8. The van der Waals surface area contributed by atoms with Crippen LogP contribution in [0.1, 0.15) is 21.5 Å². The zero-order valence-electron chi connectivity index (χ0n) is 12.9. The van der Waals surface area contributed by atoms with Gasteiger partial charge in [0, 0.05) is 29.4 Å². The first-order valence-corrected chi connectivity index (χ1v) is 7.45. The summed E-state index contributed by atoms with van der Waals surface area (Å²) >= 11 is 6.04. The monoisotopic (exact) mass is 328 g/mol. The summed E-state index contributed by atoms with van der Waals surface area (Å²) in [7, 11) is 1.57. The molecule has 0 fully saturated rings. The molecule has 2 amide bonds. The number of anilines is 1. The molecule has 4 nitrogen and oxygen atoms in total. The van der Waals surface area contributed by atoms with Crippen LogP contribution in [0.4, 0.5) is 5.69 Å². The Balaban J connectivity index is 2.00. The van der Waals surface area contributed by atoms with Gasteiger partial charge in [0.25, 0.3) is 5.91 Å². The van der Waals surface area contributed by atoms with Crippen LogP contribution in [0.3, 0.4) is 0 Å². The molecule has 0 unspecified atom stereocenters. The molecule has 0 bridgehead atoms. The van der Waals surface area contributed by atoms with Crippen molar-refractivity contribution in [2.75, 3.05) is 12.4 Å². The largest absolute Gasteiger partial charge is 0.355 e. The predicted molar refractivity (Wildman–Crippen MR) is 93.7 cm³/mol. The van der Waals surface area contributed by atoms with Crippen LogP contribution in [0.15, 0.2) is 48.5 Å². The van der Waals surface area contributed by atoms with Crippen LogP contribution in [0.2, 0.25) is 5.02 Å². The second-order valence-corrected chi connectivity index (χ2v) is 5.39. The third-order valence-corrected chi connectivity index (χ3v) is 3.67. The number of nitrogens with one attached hydrogen (secondary N) is 2. The van der Waals surface area contributed by atoms with Gasteiger partial charge >= 0.3 is 0 Å². The lowest BCUT2D eigenvalue weighted by Crippen LogP contribution is -2.17. The van der Waals surface area contributed by atoms with Crippen molar-refractivity contribution >= 4 is 35.2 Å². The maximum atomic E-state index is 11.9. The molecule has 0 aliphatic carbocycles. The number of amides is 2. The van der Waals surface area contributed by atoms with Crippen molar-refractivity contribution in [2.45, 2.75) is 6.92 Å². The van der Waals surface area contributed by atoms with Crippen LogP contribution < -0.4 is 10.6 Å². The smallest absolute Gasteiger partial charge is 0.251 e. The fourth-order valence-electron chi connectivity index (χ4n) is 1.92. The molecule has 2 aromatic carbocycles. The molecule has 0 aromatic heterocycles. The van der Waals surface area contributed by atoms with E-state index in [1.165, 1.54) is 6.08 Å². The molecule has 23 heavy (non-hydrogen) atoms.